The Morgan fingerprint density at radius 1 is 1.20 bits per heavy atom. The standard InChI is InChI=1S/C12H17NO2/c1-4-7-13-9-5-6-10-11(8-9)15-12(2,3)14-10/h5-6,8,13H,4,7H2,1-3H3. The molecule has 0 bridgehead atoms. The van der Waals surface area contributed by atoms with Crippen molar-refractivity contribution in [2.75, 3.05) is 11.9 Å². The lowest BCUT2D eigenvalue weighted by Crippen LogP contribution is -2.29. The minimum Gasteiger partial charge on any atom is -0.449 e. The summed E-state index contributed by atoms with van der Waals surface area (Å²) in [5.74, 6) is 1.11. The molecule has 2 rings (SSSR count). The van der Waals surface area contributed by atoms with Gasteiger partial charge in [0.25, 0.3) is 0 Å². The molecule has 0 saturated carbocycles. The van der Waals surface area contributed by atoms with Gasteiger partial charge < -0.3 is 14.8 Å². The summed E-state index contributed by atoms with van der Waals surface area (Å²) >= 11 is 0. The molecule has 1 aliphatic rings. The van der Waals surface area contributed by atoms with Gasteiger partial charge >= 0.3 is 0 Å². The van der Waals surface area contributed by atoms with Crippen molar-refractivity contribution >= 4 is 5.69 Å². The zero-order valence-electron chi connectivity index (χ0n) is 9.46. The summed E-state index contributed by atoms with van der Waals surface area (Å²) in [6, 6.07) is 5.95. The van der Waals surface area contributed by atoms with Gasteiger partial charge in [0.15, 0.2) is 11.5 Å². The summed E-state index contributed by atoms with van der Waals surface area (Å²) in [7, 11) is 0. The van der Waals surface area contributed by atoms with Crippen molar-refractivity contribution in [2.45, 2.75) is 33.0 Å². The second kappa shape index (κ2) is 3.65. The lowest BCUT2D eigenvalue weighted by molar-refractivity contribution is -0.0431. The zero-order chi connectivity index (χ0) is 10.9. The average molecular weight is 207 g/mol. The minimum absolute atomic E-state index is 0.536. The average Bonchev–Trinajstić information content (AvgIpc) is 2.47. The Labute approximate surface area is 90.4 Å². The van der Waals surface area contributed by atoms with E-state index in [4.69, 9.17) is 9.47 Å². The topological polar surface area (TPSA) is 30.5 Å². The first-order valence-electron chi connectivity index (χ1n) is 5.37. The third-order valence-corrected chi connectivity index (χ3v) is 2.23. The molecule has 0 aliphatic carbocycles. The van der Waals surface area contributed by atoms with E-state index in [2.05, 4.69) is 12.2 Å². The first-order chi connectivity index (χ1) is 7.11. The van der Waals surface area contributed by atoms with Crippen LogP contribution in [0.1, 0.15) is 27.2 Å². The molecule has 0 fully saturated rings. The molecule has 0 unspecified atom stereocenters. The van der Waals surface area contributed by atoms with Gasteiger partial charge in [-0.05, 0) is 18.6 Å². The molecule has 0 radical (unpaired) electrons. The number of hydrogen-bond donors (Lipinski definition) is 1. The van der Waals surface area contributed by atoms with Crippen LogP contribution in [0.4, 0.5) is 5.69 Å². The maximum absolute atomic E-state index is 5.65. The molecule has 1 N–H and O–H groups in total. The van der Waals surface area contributed by atoms with Crippen LogP contribution < -0.4 is 14.8 Å². The summed E-state index contributed by atoms with van der Waals surface area (Å²) in [6.07, 6.45) is 1.11. The molecule has 0 aromatic heterocycles. The maximum Gasteiger partial charge on any atom is 0.246 e. The molecular weight excluding hydrogens is 190 g/mol. The molecule has 1 aliphatic heterocycles. The molecule has 82 valence electrons. The molecule has 1 aromatic carbocycles. The van der Waals surface area contributed by atoms with Crippen molar-refractivity contribution in [3.05, 3.63) is 18.2 Å². The van der Waals surface area contributed by atoms with E-state index in [0.29, 0.717) is 0 Å². The highest BCUT2D eigenvalue weighted by molar-refractivity contribution is 5.56. The van der Waals surface area contributed by atoms with E-state index >= 15 is 0 Å². The third-order valence-electron chi connectivity index (χ3n) is 2.23. The highest BCUT2D eigenvalue weighted by Crippen LogP contribution is 2.40. The van der Waals surface area contributed by atoms with E-state index in [9.17, 15) is 0 Å². The Hall–Kier alpha value is -1.38. The van der Waals surface area contributed by atoms with Crippen LogP contribution in [0.25, 0.3) is 0 Å². The van der Waals surface area contributed by atoms with Crippen LogP contribution in [-0.2, 0) is 0 Å². The molecular formula is C12H17NO2. The van der Waals surface area contributed by atoms with E-state index in [-0.39, 0.29) is 0 Å². The van der Waals surface area contributed by atoms with Crippen molar-refractivity contribution < 1.29 is 9.47 Å². The lowest BCUT2D eigenvalue weighted by Gasteiger charge is -2.16. The number of hydrogen-bond acceptors (Lipinski definition) is 3. The number of ether oxygens (including phenoxy) is 2. The van der Waals surface area contributed by atoms with Gasteiger partial charge in [0.1, 0.15) is 0 Å². The molecule has 3 nitrogen and oxygen atoms in total. The van der Waals surface area contributed by atoms with E-state index in [1.807, 2.05) is 32.0 Å². The number of anilines is 1. The number of fused-ring (bicyclic) bond motifs is 1. The van der Waals surface area contributed by atoms with Crippen molar-refractivity contribution in [2.24, 2.45) is 0 Å². The molecule has 0 atom stereocenters. The monoisotopic (exact) mass is 207 g/mol. The number of nitrogens with one attached hydrogen (secondary N) is 1. The molecule has 15 heavy (non-hydrogen) atoms. The highest BCUT2D eigenvalue weighted by atomic mass is 16.7. The van der Waals surface area contributed by atoms with E-state index in [1.165, 1.54) is 0 Å². The Balaban J connectivity index is 2.15. The SMILES string of the molecule is CCCNc1ccc2c(c1)OC(C)(C)O2. The first-order valence-corrected chi connectivity index (χ1v) is 5.37. The molecule has 0 spiro atoms. The summed E-state index contributed by atoms with van der Waals surface area (Å²) < 4.78 is 11.3. The van der Waals surface area contributed by atoms with Gasteiger partial charge in [-0.1, -0.05) is 6.92 Å². The molecule has 3 heteroatoms. The fourth-order valence-corrected chi connectivity index (χ4v) is 1.60. The number of benzene rings is 1. The minimum atomic E-state index is -0.536. The Morgan fingerprint density at radius 2 is 1.93 bits per heavy atom. The Kier molecular flexibility index (Phi) is 2.47. The zero-order valence-corrected chi connectivity index (χ0v) is 9.46. The third kappa shape index (κ3) is 2.17. The summed E-state index contributed by atoms with van der Waals surface area (Å²) in [4.78, 5) is 0. The van der Waals surface area contributed by atoms with Crippen molar-refractivity contribution in [1.82, 2.24) is 0 Å². The van der Waals surface area contributed by atoms with Crippen LogP contribution in [-0.4, -0.2) is 12.3 Å². The Morgan fingerprint density at radius 3 is 2.67 bits per heavy atom. The van der Waals surface area contributed by atoms with Crippen molar-refractivity contribution in [3.8, 4) is 11.5 Å². The predicted molar refractivity (Wildman–Crippen MR) is 60.6 cm³/mol. The van der Waals surface area contributed by atoms with Gasteiger partial charge in [-0.25, -0.2) is 0 Å². The number of rotatable bonds is 3. The smallest absolute Gasteiger partial charge is 0.246 e. The van der Waals surface area contributed by atoms with Crippen molar-refractivity contribution in [1.29, 1.82) is 0 Å². The van der Waals surface area contributed by atoms with Gasteiger partial charge in [0, 0.05) is 32.1 Å². The summed E-state index contributed by atoms with van der Waals surface area (Å²) in [5.41, 5.74) is 1.08. The van der Waals surface area contributed by atoms with Crippen LogP contribution in [0.2, 0.25) is 0 Å². The molecule has 1 heterocycles. The predicted octanol–water partition coefficient (Wildman–Crippen LogP) is 3.02. The largest absolute Gasteiger partial charge is 0.449 e. The first kappa shape index (κ1) is 10.1. The Bertz CT molecular complexity index is 361. The van der Waals surface area contributed by atoms with Gasteiger partial charge in [0.05, 0.1) is 0 Å². The van der Waals surface area contributed by atoms with E-state index in [1.54, 1.807) is 0 Å². The van der Waals surface area contributed by atoms with Crippen LogP contribution >= 0.6 is 0 Å². The van der Waals surface area contributed by atoms with Crippen LogP contribution in [0.3, 0.4) is 0 Å². The van der Waals surface area contributed by atoms with Gasteiger partial charge in [-0.3, -0.25) is 0 Å². The molecule has 0 amide bonds. The summed E-state index contributed by atoms with van der Waals surface area (Å²) in [5, 5.41) is 3.32. The highest BCUT2D eigenvalue weighted by Gasteiger charge is 2.31. The van der Waals surface area contributed by atoms with Gasteiger partial charge in [-0.2, -0.15) is 0 Å². The molecule has 0 saturated heterocycles. The van der Waals surface area contributed by atoms with Gasteiger partial charge in [-0.15, -0.1) is 0 Å². The van der Waals surface area contributed by atoms with E-state index < -0.39 is 5.79 Å². The second-order valence-electron chi connectivity index (χ2n) is 4.19. The fourth-order valence-electron chi connectivity index (χ4n) is 1.60. The van der Waals surface area contributed by atoms with Crippen LogP contribution in [0.5, 0.6) is 11.5 Å². The summed E-state index contributed by atoms with van der Waals surface area (Å²) in [6.45, 7) is 6.93. The maximum atomic E-state index is 5.65. The second-order valence-corrected chi connectivity index (χ2v) is 4.19. The molecule has 1 aromatic rings. The van der Waals surface area contributed by atoms with E-state index in [0.717, 1.165) is 30.2 Å². The van der Waals surface area contributed by atoms with Crippen LogP contribution in [0.15, 0.2) is 18.2 Å². The van der Waals surface area contributed by atoms with Crippen LogP contribution in [0, 0.1) is 0 Å². The van der Waals surface area contributed by atoms with Gasteiger partial charge in [0.2, 0.25) is 5.79 Å². The quantitative estimate of drug-likeness (QED) is 0.826. The fraction of sp³-hybridized carbons (Fsp3) is 0.500. The van der Waals surface area contributed by atoms with Crippen molar-refractivity contribution in [3.63, 3.8) is 0 Å². The normalized spacial score (nSPS) is 16.5. The lowest BCUT2D eigenvalue weighted by atomic mass is 10.2.